The Kier molecular flexibility index (Phi) is 7.73. The van der Waals surface area contributed by atoms with Gasteiger partial charge in [-0.1, -0.05) is 35.9 Å². The van der Waals surface area contributed by atoms with Crippen molar-refractivity contribution in [2.45, 2.75) is 66.2 Å². The van der Waals surface area contributed by atoms with Gasteiger partial charge in [0.25, 0.3) is 0 Å². The summed E-state index contributed by atoms with van der Waals surface area (Å²) in [7, 11) is 0. The van der Waals surface area contributed by atoms with Crippen molar-refractivity contribution in [1.29, 1.82) is 0 Å². The van der Waals surface area contributed by atoms with Crippen LogP contribution in [0.2, 0.25) is 0 Å². The van der Waals surface area contributed by atoms with Gasteiger partial charge in [-0.15, -0.1) is 0 Å². The fraction of sp³-hybridized carbons (Fsp3) is 0.600. The van der Waals surface area contributed by atoms with Crippen LogP contribution in [0.25, 0.3) is 0 Å². The number of carbonyl (C=O) groups excluding carboxylic acids is 4. The lowest BCUT2D eigenvalue weighted by atomic mass is 9.69. The molecule has 2 fully saturated rings. The summed E-state index contributed by atoms with van der Waals surface area (Å²) in [6, 6.07) is 9.99. The molecule has 3 aliphatic rings. The first kappa shape index (κ1) is 27.9. The average Bonchev–Trinajstić information content (AvgIpc) is 3.47. The minimum atomic E-state index is -1.62. The van der Waals surface area contributed by atoms with E-state index in [1.807, 2.05) is 30.3 Å². The summed E-state index contributed by atoms with van der Waals surface area (Å²) >= 11 is 0. The van der Waals surface area contributed by atoms with E-state index in [4.69, 9.17) is 18.9 Å². The molecular weight excluding hydrogens is 488 g/mol. The zero-order valence-corrected chi connectivity index (χ0v) is 23.0. The molecule has 0 bridgehead atoms. The second kappa shape index (κ2) is 10.5. The van der Waals surface area contributed by atoms with Gasteiger partial charge in [0.05, 0.1) is 26.4 Å². The molecule has 206 valence electrons. The van der Waals surface area contributed by atoms with Crippen LogP contribution in [0.5, 0.6) is 0 Å². The van der Waals surface area contributed by atoms with Crippen LogP contribution in [0, 0.1) is 22.2 Å². The third kappa shape index (κ3) is 3.95. The lowest BCUT2D eigenvalue weighted by Crippen LogP contribution is -2.44. The molecule has 0 N–H and O–H groups in total. The van der Waals surface area contributed by atoms with Crippen LogP contribution in [-0.4, -0.2) is 50.3 Å². The molecule has 2 saturated carbocycles. The Morgan fingerprint density at radius 3 is 1.76 bits per heavy atom. The maximum Gasteiger partial charge on any atom is 0.327 e. The Morgan fingerprint density at radius 2 is 1.26 bits per heavy atom. The molecule has 8 heteroatoms. The van der Waals surface area contributed by atoms with Crippen molar-refractivity contribution >= 4 is 23.9 Å². The fourth-order valence-corrected chi connectivity index (χ4v) is 7.45. The number of hydrogen-bond acceptors (Lipinski definition) is 8. The Morgan fingerprint density at radius 1 is 0.763 bits per heavy atom. The zero-order valence-electron chi connectivity index (χ0n) is 23.0. The number of ether oxygens (including phenoxy) is 4. The Labute approximate surface area is 224 Å². The van der Waals surface area contributed by atoms with Gasteiger partial charge < -0.3 is 18.9 Å². The van der Waals surface area contributed by atoms with Crippen LogP contribution in [0.3, 0.4) is 0 Å². The van der Waals surface area contributed by atoms with Crippen molar-refractivity contribution < 1.29 is 38.1 Å². The third-order valence-electron chi connectivity index (χ3n) is 8.89. The van der Waals surface area contributed by atoms with Crippen LogP contribution >= 0.6 is 0 Å². The van der Waals surface area contributed by atoms with Gasteiger partial charge in [-0.2, -0.15) is 0 Å². The van der Waals surface area contributed by atoms with Crippen molar-refractivity contribution in [1.82, 2.24) is 0 Å². The number of rotatable bonds is 9. The Hall–Kier alpha value is -3.16. The molecule has 1 aromatic carbocycles. The third-order valence-corrected chi connectivity index (χ3v) is 8.89. The molecule has 4 rings (SSSR count). The minimum absolute atomic E-state index is 0.00531. The quantitative estimate of drug-likeness (QED) is 0.200. The van der Waals surface area contributed by atoms with E-state index >= 15 is 0 Å². The molecule has 38 heavy (non-hydrogen) atoms. The average molecular weight is 527 g/mol. The first-order valence-corrected chi connectivity index (χ1v) is 13.6. The Bertz CT molecular complexity index is 1100. The van der Waals surface area contributed by atoms with E-state index in [0.717, 1.165) is 11.1 Å². The van der Waals surface area contributed by atoms with Gasteiger partial charge >= 0.3 is 23.9 Å². The van der Waals surface area contributed by atoms with Crippen LogP contribution in [-0.2, 0) is 38.1 Å². The predicted molar refractivity (Wildman–Crippen MR) is 138 cm³/mol. The maximum absolute atomic E-state index is 13.6. The molecule has 0 heterocycles. The van der Waals surface area contributed by atoms with E-state index in [1.54, 1.807) is 34.6 Å². The van der Waals surface area contributed by atoms with Gasteiger partial charge in [-0.3, -0.25) is 19.2 Å². The zero-order chi connectivity index (χ0) is 27.7. The number of hydrogen-bond donors (Lipinski definition) is 0. The van der Waals surface area contributed by atoms with E-state index in [9.17, 15) is 19.2 Å². The van der Waals surface area contributed by atoms with Gasteiger partial charge in [-0.05, 0) is 88.7 Å². The van der Waals surface area contributed by atoms with E-state index in [1.165, 1.54) is 0 Å². The number of carbonyl (C=O) groups is 4. The van der Waals surface area contributed by atoms with E-state index in [2.05, 4.69) is 0 Å². The molecule has 0 saturated heterocycles. The molecule has 1 unspecified atom stereocenters. The number of benzene rings is 1. The van der Waals surface area contributed by atoms with Gasteiger partial charge in [0.1, 0.15) is 0 Å². The van der Waals surface area contributed by atoms with Crippen LogP contribution in [0.15, 0.2) is 41.5 Å². The highest BCUT2D eigenvalue weighted by Gasteiger charge is 2.74. The summed E-state index contributed by atoms with van der Waals surface area (Å²) in [5, 5.41) is 0. The second-order valence-corrected chi connectivity index (χ2v) is 10.5. The summed E-state index contributed by atoms with van der Waals surface area (Å²) in [5.74, 6) is -2.73. The molecule has 0 aromatic heterocycles. The summed E-state index contributed by atoms with van der Waals surface area (Å²) in [5.41, 5.74) is -1.29. The van der Waals surface area contributed by atoms with Gasteiger partial charge in [0, 0.05) is 0 Å². The summed E-state index contributed by atoms with van der Waals surface area (Å²) < 4.78 is 21.8. The maximum atomic E-state index is 13.6. The first-order valence-electron chi connectivity index (χ1n) is 13.6. The fourth-order valence-electron chi connectivity index (χ4n) is 7.45. The van der Waals surface area contributed by atoms with Crippen molar-refractivity contribution in [2.24, 2.45) is 22.2 Å². The summed E-state index contributed by atoms with van der Waals surface area (Å²) in [6.45, 7) is 9.07. The highest BCUT2D eigenvalue weighted by molar-refractivity contribution is 6.05. The van der Waals surface area contributed by atoms with Crippen molar-refractivity contribution in [2.75, 3.05) is 26.4 Å². The highest BCUT2D eigenvalue weighted by Crippen LogP contribution is 2.75. The monoisotopic (exact) mass is 526 g/mol. The van der Waals surface area contributed by atoms with Crippen LogP contribution in [0.1, 0.15) is 71.8 Å². The van der Waals surface area contributed by atoms with E-state index in [-0.39, 0.29) is 57.5 Å². The lowest BCUT2D eigenvalue weighted by molar-refractivity contribution is -0.172. The summed E-state index contributed by atoms with van der Waals surface area (Å²) in [6.07, 6.45) is 1.03. The molecule has 0 aliphatic heterocycles. The minimum Gasteiger partial charge on any atom is -0.465 e. The highest BCUT2D eigenvalue weighted by atomic mass is 16.6. The van der Waals surface area contributed by atoms with E-state index in [0.29, 0.717) is 12.0 Å². The van der Waals surface area contributed by atoms with Crippen LogP contribution < -0.4 is 0 Å². The molecule has 1 spiro atoms. The summed E-state index contributed by atoms with van der Waals surface area (Å²) in [4.78, 5) is 54.2. The molecule has 3 atom stereocenters. The first-order chi connectivity index (χ1) is 18.2. The largest absolute Gasteiger partial charge is 0.465 e. The smallest absolute Gasteiger partial charge is 0.327 e. The second-order valence-electron chi connectivity index (χ2n) is 10.5. The SMILES string of the molecule is CCOC(=O)C1(C(=O)OCC)CC2[C@H](c3ccccc3)CC3=C(C)C(C(=O)OCC)(C(=O)OCC)C[C@@]32C1. The predicted octanol–water partition coefficient (Wildman–Crippen LogP) is 4.52. The molecule has 1 aromatic rings. The van der Waals surface area contributed by atoms with Crippen LogP contribution in [0.4, 0.5) is 0 Å². The standard InChI is InChI=1S/C30H38O8/c1-6-35-24(31)28(25(32)36-7-2)16-23-21(20-13-11-10-12-14-20)15-22-19(5)30(26(33)37-8-3,27(34)38-9-4)18-29(22,23)17-28/h10-14,21,23H,6-9,15-18H2,1-5H3/t21-,23?,29-/m0/s1. The molecule has 3 aliphatic carbocycles. The lowest BCUT2D eigenvalue weighted by Gasteiger charge is -2.34. The van der Waals surface area contributed by atoms with Gasteiger partial charge in [0.15, 0.2) is 10.8 Å². The normalized spacial score (nSPS) is 26.3. The topological polar surface area (TPSA) is 105 Å². The molecule has 0 radical (unpaired) electrons. The molecule has 0 amide bonds. The van der Waals surface area contributed by atoms with Gasteiger partial charge in [0.2, 0.25) is 0 Å². The molecule has 8 nitrogen and oxygen atoms in total. The molecular formula is C30H38O8. The Balaban J connectivity index is 1.93. The van der Waals surface area contributed by atoms with E-state index < -0.39 is 40.1 Å². The number of esters is 4. The van der Waals surface area contributed by atoms with Crippen molar-refractivity contribution in [3.05, 3.63) is 47.0 Å². The van der Waals surface area contributed by atoms with Gasteiger partial charge in [-0.25, -0.2) is 0 Å². The number of allylic oxidation sites excluding steroid dienone is 1. The van der Waals surface area contributed by atoms with Crippen molar-refractivity contribution in [3.63, 3.8) is 0 Å². The van der Waals surface area contributed by atoms with Crippen molar-refractivity contribution in [3.8, 4) is 0 Å².